The maximum atomic E-state index is 14.0. The number of piperazine rings is 1. The number of halogens is 1. The van der Waals surface area contributed by atoms with E-state index in [9.17, 15) is 9.18 Å². The van der Waals surface area contributed by atoms with Crippen molar-refractivity contribution in [2.75, 3.05) is 39.3 Å². The van der Waals surface area contributed by atoms with Gasteiger partial charge in [0.2, 0.25) is 6.41 Å². The minimum absolute atomic E-state index is 0.0185. The standard InChI is InChI=1S/C15H22FN3O/c1-2-17-11-15(13-5-3-4-6-14(13)16)19-9-7-18(12-20)8-10-19/h3-6,12,15,17H,2,7-11H2,1H3. The Bertz CT molecular complexity index is 433. The molecule has 4 nitrogen and oxygen atoms in total. The van der Waals surface area contributed by atoms with Crippen LogP contribution in [-0.4, -0.2) is 55.5 Å². The normalized spacial score (nSPS) is 18.0. The quantitative estimate of drug-likeness (QED) is 0.796. The molecule has 1 aromatic rings. The smallest absolute Gasteiger partial charge is 0.209 e. The number of hydrogen-bond acceptors (Lipinski definition) is 3. The largest absolute Gasteiger partial charge is 0.343 e. The maximum Gasteiger partial charge on any atom is 0.209 e. The zero-order valence-electron chi connectivity index (χ0n) is 11.9. The van der Waals surface area contributed by atoms with Crippen molar-refractivity contribution in [1.82, 2.24) is 15.1 Å². The first-order valence-electron chi connectivity index (χ1n) is 7.14. The van der Waals surface area contributed by atoms with Crippen LogP contribution in [0.2, 0.25) is 0 Å². The van der Waals surface area contributed by atoms with E-state index in [2.05, 4.69) is 10.2 Å². The molecule has 1 aromatic carbocycles. The highest BCUT2D eigenvalue weighted by atomic mass is 19.1. The van der Waals surface area contributed by atoms with Crippen molar-refractivity contribution in [2.24, 2.45) is 0 Å². The third-order valence-electron chi connectivity index (χ3n) is 3.79. The molecule has 0 saturated carbocycles. The number of carbonyl (C=O) groups is 1. The minimum Gasteiger partial charge on any atom is -0.343 e. The summed E-state index contributed by atoms with van der Waals surface area (Å²) in [6, 6.07) is 6.97. The van der Waals surface area contributed by atoms with Crippen molar-refractivity contribution in [3.63, 3.8) is 0 Å². The molecule has 1 amide bonds. The number of amides is 1. The van der Waals surface area contributed by atoms with Crippen LogP contribution in [0.25, 0.3) is 0 Å². The van der Waals surface area contributed by atoms with E-state index in [0.29, 0.717) is 13.1 Å². The fourth-order valence-corrected chi connectivity index (χ4v) is 2.62. The van der Waals surface area contributed by atoms with Crippen molar-refractivity contribution < 1.29 is 9.18 Å². The molecule has 1 aliphatic heterocycles. The first-order chi connectivity index (χ1) is 9.76. The van der Waals surface area contributed by atoms with Crippen molar-refractivity contribution in [3.8, 4) is 0 Å². The third kappa shape index (κ3) is 3.55. The second kappa shape index (κ2) is 7.36. The molecule has 1 fully saturated rings. The number of rotatable bonds is 6. The second-order valence-electron chi connectivity index (χ2n) is 5.02. The number of nitrogens with one attached hydrogen (secondary N) is 1. The van der Waals surface area contributed by atoms with Gasteiger partial charge in [0.15, 0.2) is 0 Å². The number of hydrogen-bond donors (Lipinski definition) is 1. The van der Waals surface area contributed by atoms with E-state index in [1.165, 1.54) is 6.07 Å². The molecule has 1 N–H and O–H groups in total. The summed E-state index contributed by atoms with van der Waals surface area (Å²) in [5.74, 6) is -0.159. The Morgan fingerprint density at radius 3 is 2.60 bits per heavy atom. The van der Waals surface area contributed by atoms with Crippen LogP contribution in [0.4, 0.5) is 4.39 Å². The average Bonchev–Trinajstić information content (AvgIpc) is 2.50. The zero-order chi connectivity index (χ0) is 14.4. The van der Waals surface area contributed by atoms with Gasteiger partial charge in [-0.1, -0.05) is 25.1 Å². The highest BCUT2D eigenvalue weighted by Crippen LogP contribution is 2.23. The Labute approximate surface area is 119 Å². The summed E-state index contributed by atoms with van der Waals surface area (Å²) in [4.78, 5) is 14.8. The molecule has 1 heterocycles. The van der Waals surface area contributed by atoms with E-state index < -0.39 is 0 Å². The summed E-state index contributed by atoms with van der Waals surface area (Å²) < 4.78 is 14.0. The van der Waals surface area contributed by atoms with Gasteiger partial charge >= 0.3 is 0 Å². The monoisotopic (exact) mass is 279 g/mol. The summed E-state index contributed by atoms with van der Waals surface area (Å²) >= 11 is 0. The van der Waals surface area contributed by atoms with Crippen LogP contribution in [0.15, 0.2) is 24.3 Å². The van der Waals surface area contributed by atoms with Crippen molar-refractivity contribution >= 4 is 6.41 Å². The van der Waals surface area contributed by atoms with E-state index in [1.54, 1.807) is 11.0 Å². The van der Waals surface area contributed by atoms with Crippen molar-refractivity contribution in [2.45, 2.75) is 13.0 Å². The summed E-state index contributed by atoms with van der Waals surface area (Å²) in [6.07, 6.45) is 0.889. The lowest BCUT2D eigenvalue weighted by atomic mass is 10.0. The number of nitrogens with zero attached hydrogens (tertiary/aromatic N) is 2. The van der Waals surface area contributed by atoms with Gasteiger partial charge in [-0.2, -0.15) is 0 Å². The molecule has 110 valence electrons. The van der Waals surface area contributed by atoms with Crippen LogP contribution < -0.4 is 5.32 Å². The van der Waals surface area contributed by atoms with Crippen LogP contribution in [0.5, 0.6) is 0 Å². The second-order valence-corrected chi connectivity index (χ2v) is 5.02. The highest BCUT2D eigenvalue weighted by Gasteiger charge is 2.25. The van der Waals surface area contributed by atoms with Gasteiger partial charge in [0.25, 0.3) is 0 Å². The molecule has 1 saturated heterocycles. The zero-order valence-corrected chi connectivity index (χ0v) is 11.9. The van der Waals surface area contributed by atoms with Crippen molar-refractivity contribution in [1.29, 1.82) is 0 Å². The first kappa shape index (κ1) is 14.9. The Morgan fingerprint density at radius 1 is 1.30 bits per heavy atom. The molecule has 0 bridgehead atoms. The number of benzene rings is 1. The Hall–Kier alpha value is -1.46. The lowest BCUT2D eigenvalue weighted by Crippen LogP contribution is -2.49. The molecule has 1 atom stereocenters. The first-order valence-corrected chi connectivity index (χ1v) is 7.14. The van der Waals surface area contributed by atoms with E-state index >= 15 is 0 Å². The molecule has 0 aromatic heterocycles. The van der Waals surface area contributed by atoms with Gasteiger partial charge < -0.3 is 10.2 Å². The van der Waals surface area contributed by atoms with Crippen LogP contribution in [0.1, 0.15) is 18.5 Å². The average molecular weight is 279 g/mol. The van der Waals surface area contributed by atoms with Gasteiger partial charge in [0.1, 0.15) is 5.82 Å². The van der Waals surface area contributed by atoms with Crippen LogP contribution in [0.3, 0.4) is 0 Å². The highest BCUT2D eigenvalue weighted by molar-refractivity contribution is 5.47. The molecule has 0 aliphatic carbocycles. The van der Waals surface area contributed by atoms with Gasteiger partial charge in [0.05, 0.1) is 6.04 Å². The fourth-order valence-electron chi connectivity index (χ4n) is 2.62. The Kier molecular flexibility index (Phi) is 5.49. The number of likely N-dealkylation sites (N-methyl/N-ethyl adjacent to an activating group) is 1. The molecular formula is C15H22FN3O. The maximum absolute atomic E-state index is 14.0. The van der Waals surface area contributed by atoms with E-state index in [4.69, 9.17) is 0 Å². The fraction of sp³-hybridized carbons (Fsp3) is 0.533. The molecule has 0 radical (unpaired) electrons. The predicted octanol–water partition coefficient (Wildman–Crippen LogP) is 1.25. The predicted molar refractivity (Wildman–Crippen MR) is 76.9 cm³/mol. The molecule has 1 unspecified atom stereocenters. The topological polar surface area (TPSA) is 35.6 Å². The Balaban J connectivity index is 2.12. The summed E-state index contributed by atoms with van der Waals surface area (Å²) in [5, 5.41) is 3.31. The molecule has 2 rings (SSSR count). The molecule has 1 aliphatic rings. The van der Waals surface area contributed by atoms with E-state index in [-0.39, 0.29) is 11.9 Å². The van der Waals surface area contributed by atoms with Crippen LogP contribution in [0, 0.1) is 5.82 Å². The minimum atomic E-state index is -0.159. The van der Waals surface area contributed by atoms with Gasteiger partial charge in [-0.3, -0.25) is 9.69 Å². The van der Waals surface area contributed by atoms with Crippen LogP contribution in [-0.2, 0) is 4.79 Å². The van der Waals surface area contributed by atoms with Gasteiger partial charge in [-0.05, 0) is 12.6 Å². The summed E-state index contributed by atoms with van der Waals surface area (Å²) in [5.41, 5.74) is 0.730. The molecule has 5 heteroatoms. The molecule has 20 heavy (non-hydrogen) atoms. The van der Waals surface area contributed by atoms with E-state index in [0.717, 1.165) is 38.2 Å². The Morgan fingerprint density at radius 2 is 2.00 bits per heavy atom. The summed E-state index contributed by atoms with van der Waals surface area (Å²) in [7, 11) is 0. The summed E-state index contributed by atoms with van der Waals surface area (Å²) in [6.45, 7) is 6.61. The van der Waals surface area contributed by atoms with Crippen LogP contribution >= 0.6 is 0 Å². The molecule has 0 spiro atoms. The molecular weight excluding hydrogens is 257 g/mol. The SMILES string of the molecule is CCNCC(c1ccccc1F)N1CCN(C=O)CC1. The van der Waals surface area contributed by atoms with E-state index in [1.807, 2.05) is 19.1 Å². The third-order valence-corrected chi connectivity index (χ3v) is 3.79. The number of carbonyl (C=O) groups excluding carboxylic acids is 1. The van der Waals surface area contributed by atoms with Gasteiger partial charge in [-0.25, -0.2) is 4.39 Å². The lowest BCUT2D eigenvalue weighted by Gasteiger charge is -2.38. The van der Waals surface area contributed by atoms with Gasteiger partial charge in [-0.15, -0.1) is 0 Å². The lowest BCUT2D eigenvalue weighted by molar-refractivity contribution is -0.120. The van der Waals surface area contributed by atoms with Crippen molar-refractivity contribution in [3.05, 3.63) is 35.6 Å². The van der Waals surface area contributed by atoms with Gasteiger partial charge in [0, 0.05) is 38.3 Å².